The molecule has 0 saturated heterocycles. The number of hydrogen-bond donors (Lipinski definition) is 1. The quantitative estimate of drug-likeness (QED) is 0.470. The van der Waals surface area contributed by atoms with E-state index in [4.69, 9.17) is 0 Å². The lowest BCUT2D eigenvalue weighted by molar-refractivity contribution is 1.30. The first kappa shape index (κ1) is 13.9. The lowest BCUT2D eigenvalue weighted by Gasteiger charge is -2.07. The number of pyridine rings is 1. The summed E-state index contributed by atoms with van der Waals surface area (Å²) in [6.07, 6.45) is 1.76. The first-order valence-corrected chi connectivity index (χ1v) is 8.28. The number of aromatic amines is 1. The topological polar surface area (TPSA) is 41.6 Å². The molecular formula is C22H15N3. The molecule has 5 aromatic rings. The molecule has 0 unspecified atom stereocenters. The van der Waals surface area contributed by atoms with Crippen molar-refractivity contribution in [2.45, 2.75) is 0 Å². The van der Waals surface area contributed by atoms with E-state index < -0.39 is 0 Å². The summed E-state index contributed by atoms with van der Waals surface area (Å²) in [5.74, 6) is 0.846. The maximum absolute atomic E-state index is 4.57. The van der Waals surface area contributed by atoms with E-state index in [1.165, 1.54) is 21.9 Å². The van der Waals surface area contributed by atoms with Crippen LogP contribution >= 0.6 is 0 Å². The third-order valence-electron chi connectivity index (χ3n) is 4.52. The molecule has 3 heteroatoms. The molecule has 0 aliphatic carbocycles. The first-order valence-electron chi connectivity index (χ1n) is 8.28. The Morgan fingerprint density at radius 2 is 1.48 bits per heavy atom. The lowest BCUT2D eigenvalue weighted by Crippen LogP contribution is -1.84. The first-order chi connectivity index (χ1) is 12.4. The third-order valence-corrected chi connectivity index (χ3v) is 4.52. The minimum Gasteiger partial charge on any atom is -0.337 e. The van der Waals surface area contributed by atoms with Gasteiger partial charge in [0.25, 0.3) is 0 Å². The average molecular weight is 321 g/mol. The highest BCUT2D eigenvalue weighted by molar-refractivity contribution is 5.96. The lowest BCUT2D eigenvalue weighted by atomic mass is 9.97. The fraction of sp³-hybridized carbons (Fsp3) is 0. The molecule has 25 heavy (non-hydrogen) atoms. The van der Waals surface area contributed by atoms with Gasteiger partial charge in [-0.1, -0.05) is 66.7 Å². The van der Waals surface area contributed by atoms with Crippen LogP contribution in [0, 0.1) is 0 Å². The van der Waals surface area contributed by atoms with Gasteiger partial charge in [0.2, 0.25) is 0 Å². The van der Waals surface area contributed by atoms with Crippen molar-refractivity contribution in [3.8, 4) is 22.5 Å². The molecule has 3 aromatic carbocycles. The third kappa shape index (κ3) is 2.37. The minimum absolute atomic E-state index is 0.746. The van der Waals surface area contributed by atoms with Crippen molar-refractivity contribution in [3.05, 3.63) is 85.1 Å². The van der Waals surface area contributed by atoms with Gasteiger partial charge in [-0.2, -0.15) is 0 Å². The summed E-state index contributed by atoms with van der Waals surface area (Å²) >= 11 is 0. The van der Waals surface area contributed by atoms with Crippen LogP contribution in [0.1, 0.15) is 0 Å². The van der Waals surface area contributed by atoms with Crippen molar-refractivity contribution in [3.63, 3.8) is 0 Å². The number of H-pyrrole nitrogens is 1. The zero-order valence-electron chi connectivity index (χ0n) is 13.5. The number of benzene rings is 3. The number of aromatic nitrogens is 3. The second kappa shape index (κ2) is 5.56. The van der Waals surface area contributed by atoms with E-state index in [0.717, 1.165) is 22.6 Å². The molecule has 0 radical (unpaired) electrons. The van der Waals surface area contributed by atoms with Crippen LogP contribution in [0.25, 0.3) is 44.5 Å². The second-order valence-corrected chi connectivity index (χ2v) is 6.06. The zero-order chi connectivity index (χ0) is 16.6. The van der Waals surface area contributed by atoms with Crippen LogP contribution in [-0.2, 0) is 0 Å². The van der Waals surface area contributed by atoms with Crippen LogP contribution in [0.4, 0.5) is 0 Å². The molecule has 3 nitrogen and oxygen atoms in total. The number of hydrogen-bond acceptors (Lipinski definition) is 2. The highest BCUT2D eigenvalue weighted by Crippen LogP contribution is 2.30. The Labute approximate surface area is 145 Å². The van der Waals surface area contributed by atoms with E-state index in [-0.39, 0.29) is 0 Å². The van der Waals surface area contributed by atoms with Gasteiger partial charge in [0, 0.05) is 11.8 Å². The van der Waals surface area contributed by atoms with Crippen molar-refractivity contribution in [1.82, 2.24) is 15.0 Å². The molecule has 1 N–H and O–H groups in total. The van der Waals surface area contributed by atoms with Gasteiger partial charge >= 0.3 is 0 Å². The van der Waals surface area contributed by atoms with Gasteiger partial charge in [0.15, 0.2) is 5.65 Å². The molecule has 0 atom stereocenters. The normalized spacial score (nSPS) is 11.2. The predicted octanol–water partition coefficient (Wildman–Crippen LogP) is 5.45. The van der Waals surface area contributed by atoms with Crippen LogP contribution in [0.15, 0.2) is 85.1 Å². The molecule has 0 aliphatic heterocycles. The highest BCUT2D eigenvalue weighted by atomic mass is 15.0. The van der Waals surface area contributed by atoms with Gasteiger partial charge in [-0.15, -0.1) is 0 Å². The molecule has 0 aliphatic rings. The minimum atomic E-state index is 0.746. The summed E-state index contributed by atoms with van der Waals surface area (Å²) in [5.41, 5.74) is 5.21. The van der Waals surface area contributed by atoms with Gasteiger partial charge in [0.05, 0.1) is 5.52 Å². The Morgan fingerprint density at radius 1 is 0.680 bits per heavy atom. The van der Waals surface area contributed by atoms with E-state index in [2.05, 4.69) is 81.7 Å². The zero-order valence-corrected chi connectivity index (χ0v) is 13.5. The van der Waals surface area contributed by atoms with Crippen LogP contribution in [0.3, 0.4) is 0 Å². The Hall–Kier alpha value is -3.46. The number of fused-ring (bicyclic) bond motifs is 2. The Balaban J connectivity index is 1.59. The molecule has 2 heterocycles. The molecule has 0 amide bonds. The molecule has 0 saturated carbocycles. The highest BCUT2D eigenvalue weighted by Gasteiger charge is 2.07. The summed E-state index contributed by atoms with van der Waals surface area (Å²) in [7, 11) is 0. The molecule has 2 aromatic heterocycles. The van der Waals surface area contributed by atoms with Gasteiger partial charge in [0.1, 0.15) is 5.82 Å². The Morgan fingerprint density at radius 3 is 2.36 bits per heavy atom. The summed E-state index contributed by atoms with van der Waals surface area (Å²) in [6.45, 7) is 0. The van der Waals surface area contributed by atoms with Crippen molar-refractivity contribution in [2.75, 3.05) is 0 Å². The van der Waals surface area contributed by atoms with Crippen LogP contribution in [0.2, 0.25) is 0 Å². The number of nitrogens with zero attached hydrogens (tertiary/aromatic N) is 2. The molecular weight excluding hydrogens is 306 g/mol. The summed E-state index contributed by atoms with van der Waals surface area (Å²) in [6, 6.07) is 27.3. The SMILES string of the molecule is c1ccc2c(-c3ccc(-c4nc5ncccc5[nH]4)cc3)cccc2c1. The number of nitrogens with one attached hydrogen (secondary N) is 1. The van der Waals surface area contributed by atoms with E-state index in [9.17, 15) is 0 Å². The van der Waals surface area contributed by atoms with Gasteiger partial charge in [-0.25, -0.2) is 9.97 Å². The van der Waals surface area contributed by atoms with Crippen molar-refractivity contribution < 1.29 is 0 Å². The monoisotopic (exact) mass is 321 g/mol. The van der Waals surface area contributed by atoms with E-state index >= 15 is 0 Å². The maximum Gasteiger partial charge on any atom is 0.178 e. The van der Waals surface area contributed by atoms with Crippen LogP contribution in [0.5, 0.6) is 0 Å². The average Bonchev–Trinajstić information content (AvgIpc) is 3.12. The molecule has 5 rings (SSSR count). The van der Waals surface area contributed by atoms with Gasteiger partial charge < -0.3 is 4.98 Å². The Kier molecular flexibility index (Phi) is 3.10. The smallest absolute Gasteiger partial charge is 0.178 e. The van der Waals surface area contributed by atoms with E-state index in [0.29, 0.717) is 0 Å². The molecule has 118 valence electrons. The molecule has 0 bridgehead atoms. The summed E-state index contributed by atoms with van der Waals surface area (Å²) in [4.78, 5) is 12.2. The van der Waals surface area contributed by atoms with Gasteiger partial charge in [-0.3, -0.25) is 0 Å². The van der Waals surface area contributed by atoms with Gasteiger partial charge in [-0.05, 0) is 34.0 Å². The van der Waals surface area contributed by atoms with Crippen LogP contribution < -0.4 is 0 Å². The fourth-order valence-corrected chi connectivity index (χ4v) is 3.27. The molecule has 0 spiro atoms. The molecule has 0 fully saturated rings. The second-order valence-electron chi connectivity index (χ2n) is 6.06. The summed E-state index contributed by atoms with van der Waals surface area (Å²) in [5, 5.41) is 2.53. The van der Waals surface area contributed by atoms with E-state index in [1.54, 1.807) is 6.20 Å². The van der Waals surface area contributed by atoms with E-state index in [1.807, 2.05) is 12.1 Å². The van der Waals surface area contributed by atoms with Crippen molar-refractivity contribution in [1.29, 1.82) is 0 Å². The Bertz CT molecular complexity index is 1150. The largest absolute Gasteiger partial charge is 0.337 e. The predicted molar refractivity (Wildman–Crippen MR) is 102 cm³/mol. The number of imidazole rings is 1. The standard InChI is InChI=1S/C22H15N3/c1-2-7-18-15(5-1)6-3-8-19(18)16-10-12-17(13-11-16)21-24-20-9-4-14-23-22(20)25-21/h1-14H,(H,23,24,25). The summed E-state index contributed by atoms with van der Waals surface area (Å²) < 4.78 is 0. The van der Waals surface area contributed by atoms with Crippen LogP contribution in [-0.4, -0.2) is 15.0 Å². The van der Waals surface area contributed by atoms with Crippen molar-refractivity contribution in [2.24, 2.45) is 0 Å². The maximum atomic E-state index is 4.57. The fourth-order valence-electron chi connectivity index (χ4n) is 3.27. The number of rotatable bonds is 2. The van der Waals surface area contributed by atoms with Crippen molar-refractivity contribution >= 4 is 21.9 Å².